The summed E-state index contributed by atoms with van der Waals surface area (Å²) in [5, 5.41) is 10.8. The van der Waals surface area contributed by atoms with E-state index >= 15 is 0 Å². The molecule has 1 aliphatic rings. The van der Waals surface area contributed by atoms with Crippen LogP contribution < -0.4 is 5.11 Å². The van der Waals surface area contributed by atoms with Crippen molar-refractivity contribution in [1.82, 2.24) is 4.90 Å². The molecule has 5 nitrogen and oxygen atoms in total. The lowest BCUT2D eigenvalue weighted by Crippen LogP contribution is -2.49. The number of amides is 1. The van der Waals surface area contributed by atoms with Crippen molar-refractivity contribution in [2.75, 3.05) is 5.75 Å². The lowest BCUT2D eigenvalue weighted by atomic mass is 10.1. The SMILES string of the molecule is O=C([O-])[C@H]1CS[C@@H](c2ccoc2)N1C(=O)c1ccc(F)cc1. The number of carbonyl (C=O) groups is 2. The second-order valence-corrected chi connectivity index (χ2v) is 5.91. The van der Waals surface area contributed by atoms with Crippen LogP contribution in [0.4, 0.5) is 4.39 Å². The molecule has 3 rings (SSSR count). The van der Waals surface area contributed by atoms with E-state index in [1.54, 1.807) is 6.07 Å². The first kappa shape index (κ1) is 14.6. The normalized spacial score (nSPS) is 21.0. The van der Waals surface area contributed by atoms with Gasteiger partial charge in [0, 0.05) is 16.9 Å². The first-order valence-corrected chi connectivity index (χ1v) is 7.55. The van der Waals surface area contributed by atoms with Crippen molar-refractivity contribution < 1.29 is 23.5 Å². The van der Waals surface area contributed by atoms with Crippen molar-refractivity contribution >= 4 is 23.6 Å². The molecule has 0 aliphatic carbocycles. The Hall–Kier alpha value is -2.28. The minimum Gasteiger partial charge on any atom is -0.548 e. The number of carbonyl (C=O) groups excluding carboxylic acids is 2. The predicted octanol–water partition coefficient (Wildman–Crippen LogP) is 1.43. The zero-order valence-corrected chi connectivity index (χ0v) is 12.1. The molecule has 0 radical (unpaired) electrons. The molecule has 1 aliphatic heterocycles. The van der Waals surface area contributed by atoms with Gasteiger partial charge in [-0.15, -0.1) is 11.8 Å². The molecule has 0 saturated carbocycles. The molecule has 0 unspecified atom stereocenters. The first-order chi connectivity index (χ1) is 10.6. The van der Waals surface area contributed by atoms with Crippen LogP contribution >= 0.6 is 11.8 Å². The van der Waals surface area contributed by atoms with E-state index in [1.165, 1.54) is 41.3 Å². The Morgan fingerprint density at radius 2 is 2.00 bits per heavy atom. The molecule has 1 saturated heterocycles. The number of benzene rings is 1. The van der Waals surface area contributed by atoms with Crippen molar-refractivity contribution in [3.8, 4) is 0 Å². The molecule has 1 aromatic carbocycles. The summed E-state index contributed by atoms with van der Waals surface area (Å²) in [5.74, 6) is -2.03. The Balaban J connectivity index is 1.96. The molecule has 0 spiro atoms. The highest BCUT2D eigenvalue weighted by Crippen LogP contribution is 2.42. The van der Waals surface area contributed by atoms with Gasteiger partial charge in [-0.05, 0) is 30.3 Å². The second-order valence-electron chi connectivity index (χ2n) is 4.80. The van der Waals surface area contributed by atoms with Gasteiger partial charge in [0.2, 0.25) is 0 Å². The second kappa shape index (κ2) is 5.84. The average molecular weight is 320 g/mol. The molecule has 2 atom stereocenters. The number of nitrogens with zero attached hydrogens (tertiary/aromatic N) is 1. The maximum Gasteiger partial charge on any atom is 0.255 e. The highest BCUT2D eigenvalue weighted by molar-refractivity contribution is 7.99. The molecule has 1 fully saturated rings. The van der Waals surface area contributed by atoms with Crippen LogP contribution in [0.3, 0.4) is 0 Å². The molecule has 0 N–H and O–H groups in total. The Kier molecular flexibility index (Phi) is 3.89. The van der Waals surface area contributed by atoms with Crippen LogP contribution in [0.15, 0.2) is 47.3 Å². The molecule has 0 bridgehead atoms. The fraction of sp³-hybridized carbons (Fsp3) is 0.200. The van der Waals surface area contributed by atoms with Crippen LogP contribution in [0.25, 0.3) is 0 Å². The molecule has 114 valence electrons. The van der Waals surface area contributed by atoms with Crippen LogP contribution in [0, 0.1) is 5.82 Å². The summed E-state index contributed by atoms with van der Waals surface area (Å²) in [4.78, 5) is 25.2. The predicted molar refractivity (Wildman–Crippen MR) is 75.3 cm³/mol. The van der Waals surface area contributed by atoms with E-state index in [0.29, 0.717) is 5.56 Å². The van der Waals surface area contributed by atoms with Gasteiger partial charge in [0.25, 0.3) is 5.91 Å². The molecular formula is C15H11FNO4S-. The third kappa shape index (κ3) is 2.59. The number of carboxylic acid groups (broad SMARTS) is 1. The summed E-state index contributed by atoms with van der Waals surface area (Å²) in [7, 11) is 0. The minimum absolute atomic E-state index is 0.226. The minimum atomic E-state index is -1.31. The number of furan rings is 1. The molecule has 2 heterocycles. The first-order valence-electron chi connectivity index (χ1n) is 6.50. The van der Waals surface area contributed by atoms with Crippen molar-refractivity contribution in [3.05, 3.63) is 59.8 Å². The van der Waals surface area contributed by atoms with Gasteiger partial charge in [-0.25, -0.2) is 4.39 Å². The van der Waals surface area contributed by atoms with Crippen molar-refractivity contribution in [2.45, 2.75) is 11.4 Å². The Morgan fingerprint density at radius 3 is 2.59 bits per heavy atom. The van der Waals surface area contributed by atoms with Crippen LogP contribution in [-0.2, 0) is 4.79 Å². The summed E-state index contributed by atoms with van der Waals surface area (Å²) < 4.78 is 18.0. The summed E-state index contributed by atoms with van der Waals surface area (Å²) >= 11 is 1.32. The smallest absolute Gasteiger partial charge is 0.255 e. The number of thioether (sulfide) groups is 1. The van der Waals surface area contributed by atoms with Crippen LogP contribution in [0.5, 0.6) is 0 Å². The van der Waals surface area contributed by atoms with E-state index in [4.69, 9.17) is 4.42 Å². The van der Waals surface area contributed by atoms with Gasteiger partial charge in [-0.1, -0.05) is 0 Å². The van der Waals surface area contributed by atoms with E-state index in [0.717, 1.165) is 12.1 Å². The summed E-state index contributed by atoms with van der Waals surface area (Å²) in [6.45, 7) is 0. The Bertz CT molecular complexity index is 686. The van der Waals surface area contributed by atoms with Crippen molar-refractivity contribution in [2.24, 2.45) is 0 Å². The van der Waals surface area contributed by atoms with Crippen molar-refractivity contribution in [3.63, 3.8) is 0 Å². The van der Waals surface area contributed by atoms with E-state index in [1.807, 2.05) is 0 Å². The van der Waals surface area contributed by atoms with Crippen LogP contribution in [-0.4, -0.2) is 28.6 Å². The topological polar surface area (TPSA) is 73.6 Å². The molecule has 1 aromatic heterocycles. The Morgan fingerprint density at radius 1 is 1.27 bits per heavy atom. The van der Waals surface area contributed by atoms with Crippen LogP contribution in [0.1, 0.15) is 21.3 Å². The lowest BCUT2D eigenvalue weighted by Gasteiger charge is -2.29. The highest BCUT2D eigenvalue weighted by Gasteiger charge is 2.40. The maximum atomic E-state index is 13.0. The van der Waals surface area contributed by atoms with E-state index < -0.39 is 29.1 Å². The Labute approximate surface area is 129 Å². The molecule has 1 amide bonds. The third-order valence-electron chi connectivity index (χ3n) is 3.43. The lowest BCUT2D eigenvalue weighted by molar-refractivity contribution is -0.310. The quantitative estimate of drug-likeness (QED) is 0.855. The maximum absolute atomic E-state index is 13.0. The van der Waals surface area contributed by atoms with Gasteiger partial charge >= 0.3 is 0 Å². The van der Waals surface area contributed by atoms with Crippen LogP contribution in [0.2, 0.25) is 0 Å². The number of halogens is 1. The summed E-state index contributed by atoms with van der Waals surface area (Å²) in [6, 6.07) is 5.63. The fourth-order valence-corrected chi connectivity index (χ4v) is 3.74. The monoisotopic (exact) mass is 320 g/mol. The van der Waals surface area contributed by atoms with Crippen molar-refractivity contribution in [1.29, 1.82) is 0 Å². The van der Waals surface area contributed by atoms with Gasteiger partial charge in [-0.2, -0.15) is 0 Å². The number of aliphatic carboxylic acids is 1. The van der Waals surface area contributed by atoms with Gasteiger partial charge in [0.1, 0.15) is 11.2 Å². The number of rotatable bonds is 3. The third-order valence-corrected chi connectivity index (χ3v) is 4.75. The fourth-order valence-electron chi connectivity index (χ4n) is 2.35. The summed E-state index contributed by atoms with van der Waals surface area (Å²) in [5.41, 5.74) is 0.924. The van der Waals surface area contributed by atoms with Gasteiger partial charge in [-0.3, -0.25) is 4.79 Å². The summed E-state index contributed by atoms with van der Waals surface area (Å²) in [6.07, 6.45) is 2.93. The number of carboxylic acids is 1. The van der Waals surface area contributed by atoms with Gasteiger partial charge < -0.3 is 19.2 Å². The standard InChI is InChI=1S/C15H12FNO4S/c16-11-3-1-9(2-4-11)13(18)17-12(15(19)20)8-22-14(17)10-5-6-21-7-10/h1-7,12,14H,8H2,(H,19,20)/p-1/t12-,14+/m1/s1. The largest absolute Gasteiger partial charge is 0.548 e. The highest BCUT2D eigenvalue weighted by atomic mass is 32.2. The molecule has 7 heteroatoms. The number of hydrogen-bond acceptors (Lipinski definition) is 5. The van der Waals surface area contributed by atoms with E-state index in [-0.39, 0.29) is 11.3 Å². The molecule has 22 heavy (non-hydrogen) atoms. The van der Waals surface area contributed by atoms with E-state index in [9.17, 15) is 19.1 Å². The average Bonchev–Trinajstić information content (AvgIpc) is 3.16. The molecular weight excluding hydrogens is 309 g/mol. The number of hydrogen-bond donors (Lipinski definition) is 0. The van der Waals surface area contributed by atoms with Gasteiger partial charge in [0.05, 0.1) is 24.5 Å². The zero-order chi connectivity index (χ0) is 15.7. The van der Waals surface area contributed by atoms with Gasteiger partial charge in [0.15, 0.2) is 0 Å². The molecule has 2 aromatic rings. The van der Waals surface area contributed by atoms with E-state index in [2.05, 4.69) is 0 Å². The zero-order valence-electron chi connectivity index (χ0n) is 11.3.